The summed E-state index contributed by atoms with van der Waals surface area (Å²) in [5.74, 6) is 1.27. The largest absolute Gasteiger partial charge is 0.495 e. The van der Waals surface area contributed by atoms with Crippen molar-refractivity contribution in [1.82, 2.24) is 0 Å². The third-order valence-corrected chi connectivity index (χ3v) is 2.48. The first-order valence-electron chi connectivity index (χ1n) is 4.34. The van der Waals surface area contributed by atoms with Crippen LogP contribution < -0.4 is 9.47 Å². The summed E-state index contributed by atoms with van der Waals surface area (Å²) >= 11 is 9.41. The van der Waals surface area contributed by atoms with E-state index >= 15 is 0 Å². The van der Waals surface area contributed by atoms with E-state index in [9.17, 15) is 0 Å². The topological polar surface area (TPSA) is 18.5 Å². The van der Waals surface area contributed by atoms with Crippen LogP contribution in [0.15, 0.2) is 16.6 Å². The molecule has 0 aliphatic carbocycles. The zero-order valence-electron chi connectivity index (χ0n) is 8.14. The average molecular weight is 280 g/mol. The van der Waals surface area contributed by atoms with Gasteiger partial charge < -0.3 is 9.47 Å². The molecule has 0 radical (unpaired) electrons. The fraction of sp³-hybridized carbons (Fsp3) is 0.400. The lowest BCUT2D eigenvalue weighted by molar-refractivity contribution is 0.314. The zero-order valence-corrected chi connectivity index (χ0v) is 10.5. The van der Waals surface area contributed by atoms with Crippen LogP contribution in [0.5, 0.6) is 11.5 Å². The van der Waals surface area contributed by atoms with Gasteiger partial charge in [-0.3, -0.25) is 0 Å². The molecule has 0 unspecified atom stereocenters. The summed E-state index contributed by atoms with van der Waals surface area (Å²) in [6.45, 7) is 2.70. The van der Waals surface area contributed by atoms with Crippen LogP contribution >= 0.6 is 27.5 Å². The molecular weight excluding hydrogens is 267 g/mol. The molecule has 0 saturated heterocycles. The molecule has 0 aliphatic heterocycles. The summed E-state index contributed by atoms with van der Waals surface area (Å²) in [5, 5.41) is 0.518. The molecule has 1 aromatic rings. The van der Waals surface area contributed by atoms with Crippen LogP contribution in [0, 0.1) is 0 Å². The van der Waals surface area contributed by atoms with Gasteiger partial charge in [-0.25, -0.2) is 0 Å². The summed E-state index contributed by atoms with van der Waals surface area (Å²) in [7, 11) is 1.58. The van der Waals surface area contributed by atoms with Crippen LogP contribution in [-0.2, 0) is 0 Å². The highest BCUT2D eigenvalue weighted by atomic mass is 79.9. The van der Waals surface area contributed by atoms with Crippen molar-refractivity contribution >= 4 is 27.5 Å². The van der Waals surface area contributed by atoms with Gasteiger partial charge in [0.25, 0.3) is 0 Å². The Morgan fingerprint density at radius 1 is 1.36 bits per heavy atom. The van der Waals surface area contributed by atoms with E-state index in [-0.39, 0.29) is 0 Å². The smallest absolute Gasteiger partial charge is 0.142 e. The van der Waals surface area contributed by atoms with Crippen molar-refractivity contribution in [2.45, 2.75) is 13.3 Å². The van der Waals surface area contributed by atoms with E-state index in [1.54, 1.807) is 13.2 Å². The summed E-state index contributed by atoms with van der Waals surface area (Å²) in [4.78, 5) is 0. The molecule has 0 aliphatic rings. The third-order valence-electron chi connectivity index (χ3n) is 1.65. The quantitative estimate of drug-likeness (QED) is 0.832. The second-order valence-corrected chi connectivity index (χ2v) is 4.06. The number of halogens is 2. The number of ether oxygens (including phenoxy) is 2. The average Bonchev–Trinajstić information content (AvgIpc) is 2.18. The number of hydrogen-bond donors (Lipinski definition) is 0. The van der Waals surface area contributed by atoms with Gasteiger partial charge in [0.15, 0.2) is 0 Å². The van der Waals surface area contributed by atoms with Crippen LogP contribution in [0.1, 0.15) is 13.3 Å². The van der Waals surface area contributed by atoms with E-state index in [4.69, 9.17) is 21.1 Å². The maximum atomic E-state index is 6.05. The van der Waals surface area contributed by atoms with Crippen LogP contribution in [0.3, 0.4) is 0 Å². The van der Waals surface area contributed by atoms with Crippen LogP contribution in [0.4, 0.5) is 0 Å². The highest BCUT2D eigenvalue weighted by Crippen LogP contribution is 2.37. The summed E-state index contributed by atoms with van der Waals surface area (Å²) in [5.41, 5.74) is 0. The van der Waals surface area contributed by atoms with Gasteiger partial charge in [0.2, 0.25) is 0 Å². The molecular formula is C10H12BrClO2. The Bertz CT molecular complexity index is 315. The molecule has 1 rings (SSSR count). The molecule has 2 nitrogen and oxygen atoms in total. The van der Waals surface area contributed by atoms with E-state index in [1.165, 1.54) is 0 Å². The van der Waals surface area contributed by atoms with Crippen molar-refractivity contribution in [3.8, 4) is 11.5 Å². The van der Waals surface area contributed by atoms with Gasteiger partial charge in [0.05, 0.1) is 13.7 Å². The normalized spacial score (nSPS) is 10.0. The van der Waals surface area contributed by atoms with Crippen molar-refractivity contribution < 1.29 is 9.47 Å². The van der Waals surface area contributed by atoms with Crippen LogP contribution in [-0.4, -0.2) is 13.7 Å². The first-order chi connectivity index (χ1) is 6.69. The van der Waals surface area contributed by atoms with Gasteiger partial charge in [-0.2, -0.15) is 0 Å². The minimum absolute atomic E-state index is 0.518. The van der Waals surface area contributed by atoms with Crippen molar-refractivity contribution in [2.24, 2.45) is 0 Å². The number of hydrogen-bond acceptors (Lipinski definition) is 2. The molecule has 0 atom stereocenters. The standard InChI is InChI=1S/C10H12BrClO2/c1-3-4-14-9-6-7(11)5-8(13-2)10(9)12/h5-6H,3-4H2,1-2H3. The predicted octanol–water partition coefficient (Wildman–Crippen LogP) is 3.90. The van der Waals surface area contributed by atoms with E-state index in [2.05, 4.69) is 15.9 Å². The van der Waals surface area contributed by atoms with Crippen LogP contribution in [0.25, 0.3) is 0 Å². The minimum atomic E-state index is 0.518. The molecule has 0 bridgehead atoms. The zero-order chi connectivity index (χ0) is 10.6. The second kappa shape index (κ2) is 5.47. The first kappa shape index (κ1) is 11.7. The number of rotatable bonds is 4. The molecule has 4 heteroatoms. The molecule has 0 heterocycles. The molecule has 0 fully saturated rings. The monoisotopic (exact) mass is 278 g/mol. The van der Waals surface area contributed by atoms with E-state index in [0.29, 0.717) is 23.1 Å². The maximum Gasteiger partial charge on any atom is 0.142 e. The highest BCUT2D eigenvalue weighted by Gasteiger charge is 2.09. The Hall–Kier alpha value is -0.410. The SMILES string of the molecule is CCCOc1cc(Br)cc(OC)c1Cl. The van der Waals surface area contributed by atoms with Gasteiger partial charge in [-0.1, -0.05) is 34.5 Å². The van der Waals surface area contributed by atoms with E-state index in [1.807, 2.05) is 13.0 Å². The Balaban J connectivity index is 2.96. The van der Waals surface area contributed by atoms with Crippen molar-refractivity contribution in [2.75, 3.05) is 13.7 Å². The number of benzene rings is 1. The Labute approximate surface area is 97.3 Å². The molecule has 0 spiro atoms. The Morgan fingerprint density at radius 2 is 2.00 bits per heavy atom. The highest BCUT2D eigenvalue weighted by molar-refractivity contribution is 9.10. The van der Waals surface area contributed by atoms with Gasteiger partial charge in [0, 0.05) is 4.47 Å². The molecule has 78 valence electrons. The Kier molecular flexibility index (Phi) is 4.55. The van der Waals surface area contributed by atoms with E-state index < -0.39 is 0 Å². The summed E-state index contributed by atoms with van der Waals surface area (Å²) in [6, 6.07) is 3.64. The second-order valence-electron chi connectivity index (χ2n) is 2.77. The summed E-state index contributed by atoms with van der Waals surface area (Å²) < 4.78 is 11.5. The van der Waals surface area contributed by atoms with Crippen molar-refractivity contribution in [3.63, 3.8) is 0 Å². The van der Waals surface area contributed by atoms with Crippen molar-refractivity contribution in [3.05, 3.63) is 21.6 Å². The van der Waals surface area contributed by atoms with Gasteiger partial charge in [-0.15, -0.1) is 0 Å². The molecule has 1 aromatic carbocycles. The lowest BCUT2D eigenvalue weighted by atomic mass is 10.3. The fourth-order valence-electron chi connectivity index (χ4n) is 1.01. The van der Waals surface area contributed by atoms with Gasteiger partial charge in [0.1, 0.15) is 16.5 Å². The molecule has 14 heavy (non-hydrogen) atoms. The lowest BCUT2D eigenvalue weighted by Gasteiger charge is -2.10. The number of methoxy groups -OCH3 is 1. The maximum absolute atomic E-state index is 6.05. The minimum Gasteiger partial charge on any atom is -0.495 e. The third kappa shape index (κ3) is 2.79. The molecule has 0 aromatic heterocycles. The lowest BCUT2D eigenvalue weighted by Crippen LogP contribution is -1.97. The van der Waals surface area contributed by atoms with Gasteiger partial charge in [-0.05, 0) is 18.6 Å². The predicted molar refractivity (Wildman–Crippen MR) is 61.5 cm³/mol. The van der Waals surface area contributed by atoms with Crippen LogP contribution in [0.2, 0.25) is 5.02 Å². The van der Waals surface area contributed by atoms with E-state index in [0.717, 1.165) is 10.9 Å². The molecule has 0 amide bonds. The first-order valence-corrected chi connectivity index (χ1v) is 5.52. The fourth-order valence-corrected chi connectivity index (χ4v) is 1.66. The van der Waals surface area contributed by atoms with Gasteiger partial charge >= 0.3 is 0 Å². The molecule has 0 saturated carbocycles. The summed E-state index contributed by atoms with van der Waals surface area (Å²) in [6.07, 6.45) is 0.950. The Morgan fingerprint density at radius 3 is 2.57 bits per heavy atom. The molecule has 0 N–H and O–H groups in total. The van der Waals surface area contributed by atoms with Crippen molar-refractivity contribution in [1.29, 1.82) is 0 Å².